The van der Waals surface area contributed by atoms with Gasteiger partial charge in [-0.15, -0.1) is 0 Å². The number of para-hydroxylation sites is 1. The van der Waals surface area contributed by atoms with Crippen LogP contribution in [0.3, 0.4) is 0 Å². The summed E-state index contributed by atoms with van der Waals surface area (Å²) < 4.78 is 0. The quantitative estimate of drug-likeness (QED) is 0.889. The minimum Gasteiger partial charge on any atom is -0.381 e. The van der Waals surface area contributed by atoms with E-state index in [1.54, 1.807) is 0 Å². The Hall–Kier alpha value is -0.930. The lowest BCUT2D eigenvalue weighted by Gasteiger charge is -2.36. The molecule has 1 heterocycles. The molecule has 1 fully saturated rings. The highest BCUT2D eigenvalue weighted by molar-refractivity contribution is 6.34. The molecule has 0 saturated carbocycles. The molecule has 4 heteroatoms. The number of nitrogens with zero attached hydrogens (tertiary/aromatic N) is 2. The van der Waals surface area contributed by atoms with E-state index >= 15 is 0 Å². The summed E-state index contributed by atoms with van der Waals surface area (Å²) in [6.45, 7) is 8.15. The molecular weight excluding hydrogens is 282 g/mol. The fraction of sp³-hybridized carbons (Fsp3) is 0.647. The normalized spacial score (nSPS) is 21.1. The zero-order valence-electron chi connectivity index (χ0n) is 13.7. The number of likely N-dealkylation sites (tertiary alicyclic amines) is 1. The summed E-state index contributed by atoms with van der Waals surface area (Å²) in [5.74, 6) is 0.702. The van der Waals surface area contributed by atoms with Gasteiger partial charge in [-0.25, -0.2) is 0 Å². The molecule has 1 aromatic carbocycles. The van der Waals surface area contributed by atoms with Crippen LogP contribution in [0.4, 0.5) is 11.4 Å². The van der Waals surface area contributed by atoms with E-state index in [-0.39, 0.29) is 0 Å². The number of hydrogen-bond donors (Lipinski definition) is 1. The van der Waals surface area contributed by atoms with Crippen LogP contribution in [-0.4, -0.2) is 44.7 Å². The van der Waals surface area contributed by atoms with Crippen LogP contribution in [0.5, 0.6) is 0 Å². The van der Waals surface area contributed by atoms with Crippen molar-refractivity contribution in [3.8, 4) is 0 Å². The van der Waals surface area contributed by atoms with Gasteiger partial charge in [-0.1, -0.05) is 24.6 Å². The predicted octanol–water partition coefficient (Wildman–Crippen LogP) is 3.94. The molecule has 21 heavy (non-hydrogen) atoms. The van der Waals surface area contributed by atoms with Crippen molar-refractivity contribution in [2.45, 2.75) is 32.7 Å². The first kappa shape index (κ1) is 16.4. The van der Waals surface area contributed by atoms with Gasteiger partial charge < -0.3 is 15.1 Å². The van der Waals surface area contributed by atoms with Crippen molar-refractivity contribution in [3.63, 3.8) is 0 Å². The van der Waals surface area contributed by atoms with E-state index in [9.17, 15) is 0 Å². The third-order valence-electron chi connectivity index (χ3n) is 4.51. The van der Waals surface area contributed by atoms with Gasteiger partial charge in [-0.3, -0.25) is 0 Å². The van der Waals surface area contributed by atoms with Crippen molar-refractivity contribution in [2.24, 2.45) is 5.92 Å². The number of benzene rings is 1. The molecule has 0 radical (unpaired) electrons. The highest BCUT2D eigenvalue weighted by Gasteiger charge is 2.24. The van der Waals surface area contributed by atoms with E-state index in [2.05, 4.69) is 35.0 Å². The van der Waals surface area contributed by atoms with Crippen molar-refractivity contribution in [1.29, 1.82) is 0 Å². The molecule has 1 N–H and O–H groups in total. The van der Waals surface area contributed by atoms with Gasteiger partial charge in [0.05, 0.1) is 16.4 Å². The Morgan fingerprint density at radius 1 is 1.43 bits per heavy atom. The van der Waals surface area contributed by atoms with Crippen molar-refractivity contribution in [3.05, 3.63) is 23.2 Å². The third kappa shape index (κ3) is 4.04. The fourth-order valence-electron chi connectivity index (χ4n) is 3.24. The average Bonchev–Trinajstić information content (AvgIpc) is 2.47. The van der Waals surface area contributed by atoms with E-state index in [1.165, 1.54) is 25.9 Å². The Labute approximate surface area is 134 Å². The third-order valence-corrected chi connectivity index (χ3v) is 4.82. The first-order chi connectivity index (χ1) is 10.0. The predicted molar refractivity (Wildman–Crippen MR) is 93.7 cm³/mol. The van der Waals surface area contributed by atoms with E-state index in [0.717, 1.165) is 22.9 Å². The Balaban J connectivity index is 2.09. The molecule has 0 aromatic heterocycles. The molecule has 0 aliphatic carbocycles. The molecule has 1 aliphatic heterocycles. The standard InChI is InChI=1S/C17H28ClN3/c1-5-21-11-7-8-14(12-21)13(2)19-16-10-6-9-15(18)17(16)20(3)4/h6,9-10,13-14,19H,5,7-8,11-12H2,1-4H3. The van der Waals surface area contributed by atoms with E-state index < -0.39 is 0 Å². The number of hydrogen-bond acceptors (Lipinski definition) is 3. The first-order valence-electron chi connectivity index (χ1n) is 7.97. The highest BCUT2D eigenvalue weighted by atomic mass is 35.5. The summed E-state index contributed by atoms with van der Waals surface area (Å²) in [4.78, 5) is 4.63. The Bertz CT molecular complexity index is 461. The van der Waals surface area contributed by atoms with Crippen molar-refractivity contribution < 1.29 is 0 Å². The number of rotatable bonds is 5. The number of nitrogens with one attached hydrogen (secondary N) is 1. The van der Waals surface area contributed by atoms with Crippen molar-refractivity contribution in [2.75, 3.05) is 43.9 Å². The summed E-state index contributed by atoms with van der Waals surface area (Å²) in [5, 5.41) is 4.50. The molecule has 1 aliphatic rings. The smallest absolute Gasteiger partial charge is 0.0786 e. The van der Waals surface area contributed by atoms with E-state index in [4.69, 9.17) is 11.6 Å². The minimum absolute atomic E-state index is 0.455. The second-order valence-electron chi connectivity index (χ2n) is 6.26. The van der Waals surface area contributed by atoms with Gasteiger partial charge >= 0.3 is 0 Å². The number of halogens is 1. The zero-order chi connectivity index (χ0) is 15.4. The van der Waals surface area contributed by atoms with Gasteiger partial charge in [0.1, 0.15) is 0 Å². The van der Waals surface area contributed by atoms with Crippen LogP contribution in [0.15, 0.2) is 18.2 Å². The molecule has 0 amide bonds. The molecule has 2 rings (SSSR count). The molecule has 118 valence electrons. The summed E-state index contributed by atoms with van der Waals surface area (Å²) in [7, 11) is 4.08. The Morgan fingerprint density at radius 2 is 2.19 bits per heavy atom. The topological polar surface area (TPSA) is 18.5 Å². The molecule has 0 bridgehead atoms. The molecule has 2 unspecified atom stereocenters. The van der Waals surface area contributed by atoms with Gasteiger partial charge in [0.15, 0.2) is 0 Å². The lowest BCUT2D eigenvalue weighted by atomic mass is 9.91. The first-order valence-corrected chi connectivity index (χ1v) is 8.35. The summed E-state index contributed by atoms with van der Waals surface area (Å²) >= 11 is 6.35. The summed E-state index contributed by atoms with van der Waals surface area (Å²) in [5.41, 5.74) is 2.21. The van der Waals surface area contributed by atoms with Gasteiger partial charge in [0, 0.05) is 26.7 Å². The molecular formula is C17H28ClN3. The Kier molecular flexibility index (Phi) is 5.77. The molecule has 1 saturated heterocycles. The highest BCUT2D eigenvalue weighted by Crippen LogP contribution is 2.34. The second-order valence-corrected chi connectivity index (χ2v) is 6.67. The van der Waals surface area contributed by atoms with Crippen LogP contribution in [0, 0.1) is 5.92 Å². The molecule has 1 aromatic rings. The lowest BCUT2D eigenvalue weighted by molar-refractivity contribution is 0.172. The minimum atomic E-state index is 0.455. The van der Waals surface area contributed by atoms with Crippen LogP contribution in [0.2, 0.25) is 5.02 Å². The lowest BCUT2D eigenvalue weighted by Crippen LogP contribution is -2.41. The summed E-state index contributed by atoms with van der Waals surface area (Å²) in [6, 6.07) is 6.55. The van der Waals surface area contributed by atoms with Crippen LogP contribution < -0.4 is 10.2 Å². The van der Waals surface area contributed by atoms with Crippen molar-refractivity contribution in [1.82, 2.24) is 4.90 Å². The maximum Gasteiger partial charge on any atom is 0.0786 e. The molecule has 0 spiro atoms. The van der Waals surface area contributed by atoms with Crippen LogP contribution in [0.1, 0.15) is 26.7 Å². The Morgan fingerprint density at radius 3 is 2.86 bits per heavy atom. The molecule has 2 atom stereocenters. The van der Waals surface area contributed by atoms with Gasteiger partial charge in [0.25, 0.3) is 0 Å². The van der Waals surface area contributed by atoms with Crippen molar-refractivity contribution >= 4 is 23.0 Å². The maximum atomic E-state index is 6.35. The van der Waals surface area contributed by atoms with E-state index in [0.29, 0.717) is 12.0 Å². The van der Waals surface area contributed by atoms with Gasteiger partial charge in [-0.2, -0.15) is 0 Å². The van der Waals surface area contributed by atoms with Gasteiger partial charge in [-0.05, 0) is 50.9 Å². The second kappa shape index (κ2) is 7.37. The zero-order valence-corrected chi connectivity index (χ0v) is 14.5. The van der Waals surface area contributed by atoms with Crippen LogP contribution >= 0.6 is 11.6 Å². The monoisotopic (exact) mass is 309 g/mol. The van der Waals surface area contributed by atoms with Crippen LogP contribution in [0.25, 0.3) is 0 Å². The SMILES string of the molecule is CCN1CCCC(C(C)Nc2cccc(Cl)c2N(C)C)C1. The molecule has 3 nitrogen and oxygen atoms in total. The fourth-order valence-corrected chi connectivity index (χ4v) is 3.58. The van der Waals surface area contributed by atoms with Gasteiger partial charge in [0.2, 0.25) is 0 Å². The maximum absolute atomic E-state index is 6.35. The average molecular weight is 310 g/mol. The number of piperidine rings is 1. The summed E-state index contributed by atoms with van der Waals surface area (Å²) in [6.07, 6.45) is 2.61. The van der Waals surface area contributed by atoms with E-state index in [1.807, 2.05) is 26.2 Å². The van der Waals surface area contributed by atoms with Crippen LogP contribution in [-0.2, 0) is 0 Å². The number of anilines is 2. The largest absolute Gasteiger partial charge is 0.381 e.